The van der Waals surface area contributed by atoms with E-state index in [-0.39, 0.29) is 10.4 Å². The molecule has 1 fully saturated rings. The average Bonchev–Trinajstić information content (AvgIpc) is 2.41. The number of nitrogens with one attached hydrogen (secondary N) is 2. The van der Waals surface area contributed by atoms with Gasteiger partial charge in [0.1, 0.15) is 0 Å². The quantitative estimate of drug-likeness (QED) is 0.725. The van der Waals surface area contributed by atoms with Gasteiger partial charge in [0.15, 0.2) is 0 Å². The minimum absolute atomic E-state index is 0.131. The molecule has 20 heavy (non-hydrogen) atoms. The Kier molecular flexibility index (Phi) is 4.22. The highest BCUT2D eigenvalue weighted by molar-refractivity contribution is 7.89. The van der Waals surface area contributed by atoms with Gasteiger partial charge in [-0.25, -0.2) is 13.1 Å². The predicted octanol–water partition coefficient (Wildman–Crippen LogP) is 1.16. The van der Waals surface area contributed by atoms with Crippen LogP contribution in [-0.2, 0) is 14.8 Å². The van der Waals surface area contributed by atoms with Crippen molar-refractivity contribution in [3.63, 3.8) is 0 Å². The van der Waals surface area contributed by atoms with E-state index in [4.69, 9.17) is 10.5 Å². The fourth-order valence-corrected chi connectivity index (χ4v) is 2.96. The summed E-state index contributed by atoms with van der Waals surface area (Å²) in [4.78, 5) is 0.201. The van der Waals surface area contributed by atoms with Crippen molar-refractivity contribution in [2.45, 2.75) is 30.2 Å². The SMILES string of the molecule is CNS(=O)(=O)c1ccc(N)c(NC2(C)CCOCC2)c1. The Morgan fingerprint density at radius 1 is 1.30 bits per heavy atom. The third-order valence-electron chi connectivity index (χ3n) is 3.64. The number of anilines is 2. The number of nitrogens with two attached hydrogens (primary N) is 1. The number of nitrogen functional groups attached to an aromatic ring is 1. The topological polar surface area (TPSA) is 93.5 Å². The summed E-state index contributed by atoms with van der Waals surface area (Å²) in [7, 11) is -2.08. The highest BCUT2D eigenvalue weighted by atomic mass is 32.2. The van der Waals surface area contributed by atoms with Crippen molar-refractivity contribution in [3.05, 3.63) is 18.2 Å². The summed E-state index contributed by atoms with van der Waals surface area (Å²) in [5, 5.41) is 3.36. The summed E-state index contributed by atoms with van der Waals surface area (Å²) in [5.74, 6) is 0. The van der Waals surface area contributed by atoms with Crippen LogP contribution < -0.4 is 15.8 Å². The van der Waals surface area contributed by atoms with Crippen molar-refractivity contribution in [2.75, 3.05) is 31.3 Å². The van der Waals surface area contributed by atoms with Gasteiger partial charge in [0, 0.05) is 18.8 Å². The van der Waals surface area contributed by atoms with Gasteiger partial charge >= 0.3 is 0 Å². The van der Waals surface area contributed by atoms with Crippen LogP contribution in [0.15, 0.2) is 23.1 Å². The fraction of sp³-hybridized carbons (Fsp3) is 0.538. The van der Waals surface area contributed by atoms with Crippen LogP contribution in [0.25, 0.3) is 0 Å². The predicted molar refractivity (Wildman–Crippen MR) is 79.2 cm³/mol. The lowest BCUT2D eigenvalue weighted by atomic mass is 9.92. The van der Waals surface area contributed by atoms with E-state index < -0.39 is 10.0 Å². The summed E-state index contributed by atoms with van der Waals surface area (Å²) in [5.41, 5.74) is 6.99. The highest BCUT2D eigenvalue weighted by Gasteiger charge is 2.28. The van der Waals surface area contributed by atoms with Crippen LogP contribution in [0.2, 0.25) is 0 Å². The minimum Gasteiger partial charge on any atom is -0.397 e. The van der Waals surface area contributed by atoms with Gasteiger partial charge in [0.2, 0.25) is 10.0 Å². The van der Waals surface area contributed by atoms with Gasteiger partial charge in [-0.3, -0.25) is 0 Å². The Bertz CT molecular complexity index is 581. The summed E-state index contributed by atoms with van der Waals surface area (Å²) < 4.78 is 31.3. The molecule has 0 radical (unpaired) electrons. The van der Waals surface area contributed by atoms with Crippen LogP contribution >= 0.6 is 0 Å². The average molecular weight is 299 g/mol. The van der Waals surface area contributed by atoms with E-state index in [0.29, 0.717) is 24.6 Å². The smallest absolute Gasteiger partial charge is 0.240 e. The third kappa shape index (κ3) is 3.23. The van der Waals surface area contributed by atoms with Gasteiger partial charge in [0.25, 0.3) is 0 Å². The maximum Gasteiger partial charge on any atom is 0.240 e. The zero-order valence-corrected chi connectivity index (χ0v) is 12.6. The van der Waals surface area contributed by atoms with Crippen LogP contribution in [-0.4, -0.2) is 34.2 Å². The Hall–Kier alpha value is -1.31. The first-order chi connectivity index (χ1) is 9.36. The molecule has 1 saturated heterocycles. The van der Waals surface area contributed by atoms with E-state index in [9.17, 15) is 8.42 Å². The molecular weight excluding hydrogens is 278 g/mol. The van der Waals surface area contributed by atoms with Crippen LogP contribution in [0.4, 0.5) is 11.4 Å². The molecule has 1 heterocycles. The van der Waals surface area contributed by atoms with E-state index in [1.54, 1.807) is 12.1 Å². The van der Waals surface area contributed by atoms with Crippen LogP contribution in [0, 0.1) is 0 Å². The number of ether oxygens (including phenoxy) is 1. The second-order valence-corrected chi connectivity index (χ2v) is 7.14. The van der Waals surface area contributed by atoms with Crippen LogP contribution in [0.3, 0.4) is 0 Å². The van der Waals surface area contributed by atoms with Crippen molar-refractivity contribution in [2.24, 2.45) is 0 Å². The van der Waals surface area contributed by atoms with Crippen molar-refractivity contribution in [1.82, 2.24) is 4.72 Å². The normalized spacial score (nSPS) is 18.7. The van der Waals surface area contributed by atoms with Crippen molar-refractivity contribution in [3.8, 4) is 0 Å². The van der Waals surface area contributed by atoms with Crippen molar-refractivity contribution in [1.29, 1.82) is 0 Å². The maximum atomic E-state index is 11.8. The molecular formula is C13H21N3O3S. The van der Waals surface area contributed by atoms with Gasteiger partial charge in [-0.1, -0.05) is 0 Å². The van der Waals surface area contributed by atoms with Crippen LogP contribution in [0.5, 0.6) is 0 Å². The zero-order valence-electron chi connectivity index (χ0n) is 11.8. The molecule has 0 atom stereocenters. The first-order valence-electron chi connectivity index (χ1n) is 6.55. The molecule has 0 unspecified atom stereocenters. The Morgan fingerprint density at radius 3 is 2.55 bits per heavy atom. The van der Waals surface area contributed by atoms with E-state index in [0.717, 1.165) is 12.8 Å². The molecule has 0 aliphatic carbocycles. The fourth-order valence-electron chi connectivity index (χ4n) is 2.20. The van der Waals surface area contributed by atoms with E-state index in [2.05, 4.69) is 17.0 Å². The lowest BCUT2D eigenvalue weighted by Gasteiger charge is -2.35. The van der Waals surface area contributed by atoms with Gasteiger partial charge in [0.05, 0.1) is 16.3 Å². The van der Waals surface area contributed by atoms with Gasteiger partial charge in [-0.15, -0.1) is 0 Å². The van der Waals surface area contributed by atoms with Crippen molar-refractivity contribution < 1.29 is 13.2 Å². The number of hydrogen-bond donors (Lipinski definition) is 3. The number of rotatable bonds is 4. The molecule has 1 aromatic rings. The Labute approximate surface area is 119 Å². The molecule has 4 N–H and O–H groups in total. The van der Waals surface area contributed by atoms with E-state index >= 15 is 0 Å². The van der Waals surface area contributed by atoms with Gasteiger partial charge in [-0.05, 0) is 45.0 Å². The summed E-state index contributed by atoms with van der Waals surface area (Å²) >= 11 is 0. The molecule has 2 rings (SSSR count). The Morgan fingerprint density at radius 2 is 1.95 bits per heavy atom. The molecule has 0 saturated carbocycles. The van der Waals surface area contributed by atoms with Crippen molar-refractivity contribution >= 4 is 21.4 Å². The first-order valence-corrected chi connectivity index (χ1v) is 8.04. The summed E-state index contributed by atoms with van der Waals surface area (Å²) in [6, 6.07) is 4.68. The standard InChI is InChI=1S/C13H21N3O3S/c1-13(5-7-19-8-6-13)16-12-9-10(3-4-11(12)14)20(17,18)15-2/h3-4,9,15-16H,5-8,14H2,1-2H3. The molecule has 0 amide bonds. The lowest BCUT2D eigenvalue weighted by molar-refractivity contribution is 0.0658. The van der Waals surface area contributed by atoms with Gasteiger partial charge in [-0.2, -0.15) is 0 Å². The van der Waals surface area contributed by atoms with E-state index in [1.165, 1.54) is 13.1 Å². The summed E-state index contributed by atoms with van der Waals surface area (Å²) in [6.45, 7) is 3.48. The second-order valence-electron chi connectivity index (χ2n) is 5.25. The van der Waals surface area contributed by atoms with E-state index in [1.807, 2.05) is 0 Å². The first kappa shape index (κ1) is 15.1. The molecule has 1 aromatic carbocycles. The number of sulfonamides is 1. The molecule has 0 aromatic heterocycles. The largest absolute Gasteiger partial charge is 0.397 e. The molecule has 112 valence electrons. The molecule has 6 nitrogen and oxygen atoms in total. The minimum atomic E-state index is -3.47. The third-order valence-corrected chi connectivity index (χ3v) is 5.05. The summed E-state index contributed by atoms with van der Waals surface area (Å²) in [6.07, 6.45) is 1.71. The molecule has 1 aliphatic rings. The lowest BCUT2D eigenvalue weighted by Crippen LogP contribution is -2.40. The second kappa shape index (κ2) is 5.59. The highest BCUT2D eigenvalue weighted by Crippen LogP contribution is 2.30. The van der Waals surface area contributed by atoms with Gasteiger partial charge < -0.3 is 15.8 Å². The van der Waals surface area contributed by atoms with Crippen LogP contribution in [0.1, 0.15) is 19.8 Å². The molecule has 1 aliphatic heterocycles. The Balaban J connectivity index is 2.29. The molecule has 0 spiro atoms. The number of benzene rings is 1. The maximum absolute atomic E-state index is 11.8. The zero-order chi connectivity index (χ0) is 14.8. The molecule has 7 heteroatoms. The monoisotopic (exact) mass is 299 g/mol. The number of hydrogen-bond acceptors (Lipinski definition) is 5. The molecule has 0 bridgehead atoms.